The van der Waals surface area contributed by atoms with E-state index in [0.29, 0.717) is 5.75 Å². The SMILES string of the molecule is CCCCCC(=C/C=C/CC(=O)Oc1ccc([N+](=O)[O-])cc1)CCCCC. The maximum Gasteiger partial charge on any atom is 0.315 e. The number of allylic oxidation sites excluding steroid dienone is 3. The molecule has 0 atom stereocenters. The Balaban J connectivity index is 2.48. The largest absolute Gasteiger partial charge is 0.426 e. The number of carbonyl (C=O) groups is 1. The zero-order chi connectivity index (χ0) is 19.9. The summed E-state index contributed by atoms with van der Waals surface area (Å²) in [6, 6.07) is 5.50. The minimum absolute atomic E-state index is 0.0292. The maximum atomic E-state index is 11.9. The molecule has 0 aliphatic heterocycles. The zero-order valence-corrected chi connectivity index (χ0v) is 16.5. The number of non-ortho nitro benzene ring substituents is 1. The molecular weight excluding hydrogens is 342 g/mol. The van der Waals surface area contributed by atoms with E-state index < -0.39 is 4.92 Å². The van der Waals surface area contributed by atoms with Crippen LogP contribution in [0.5, 0.6) is 5.75 Å². The molecule has 0 unspecified atom stereocenters. The number of esters is 1. The van der Waals surface area contributed by atoms with E-state index in [4.69, 9.17) is 4.74 Å². The van der Waals surface area contributed by atoms with Crippen LogP contribution in [0.3, 0.4) is 0 Å². The van der Waals surface area contributed by atoms with Crippen LogP contribution in [0.1, 0.15) is 71.6 Å². The first-order valence-electron chi connectivity index (χ1n) is 9.86. The number of hydrogen-bond acceptors (Lipinski definition) is 4. The van der Waals surface area contributed by atoms with Crippen LogP contribution in [-0.4, -0.2) is 10.9 Å². The van der Waals surface area contributed by atoms with Crippen molar-refractivity contribution >= 4 is 11.7 Å². The van der Waals surface area contributed by atoms with E-state index >= 15 is 0 Å². The highest BCUT2D eigenvalue weighted by molar-refractivity contribution is 5.74. The molecule has 0 saturated heterocycles. The smallest absolute Gasteiger partial charge is 0.315 e. The fourth-order valence-corrected chi connectivity index (χ4v) is 2.67. The van der Waals surface area contributed by atoms with Gasteiger partial charge in [0.2, 0.25) is 0 Å². The molecule has 0 amide bonds. The summed E-state index contributed by atoms with van der Waals surface area (Å²) in [5.41, 5.74) is 1.41. The monoisotopic (exact) mass is 373 g/mol. The van der Waals surface area contributed by atoms with Gasteiger partial charge in [0.05, 0.1) is 11.3 Å². The first-order chi connectivity index (χ1) is 13.1. The standard InChI is InChI=1S/C22H31NO4/c1-3-5-7-11-19(12-8-6-4-2)13-9-10-14-22(24)27-21-17-15-20(16-18-21)23(25)26/h9-10,13,15-18H,3-8,11-12,14H2,1-2H3/b10-9+. The van der Waals surface area contributed by atoms with E-state index in [0.717, 1.165) is 12.8 Å². The summed E-state index contributed by atoms with van der Waals surface area (Å²) in [5, 5.41) is 10.6. The molecule has 0 aliphatic rings. The zero-order valence-electron chi connectivity index (χ0n) is 16.5. The number of hydrogen-bond donors (Lipinski definition) is 0. The minimum Gasteiger partial charge on any atom is -0.426 e. The van der Waals surface area contributed by atoms with Gasteiger partial charge in [-0.3, -0.25) is 14.9 Å². The Bertz CT molecular complexity index is 620. The van der Waals surface area contributed by atoms with Gasteiger partial charge in [0.1, 0.15) is 5.75 Å². The lowest BCUT2D eigenvalue weighted by atomic mass is 10.0. The number of benzene rings is 1. The van der Waals surface area contributed by atoms with Crippen molar-refractivity contribution in [2.24, 2.45) is 0 Å². The van der Waals surface area contributed by atoms with Crippen molar-refractivity contribution in [1.82, 2.24) is 0 Å². The maximum absolute atomic E-state index is 11.9. The highest BCUT2D eigenvalue weighted by Crippen LogP contribution is 2.18. The number of carbonyl (C=O) groups excluding carboxylic acids is 1. The average Bonchev–Trinajstić information content (AvgIpc) is 2.65. The molecule has 1 rings (SSSR count). The molecule has 0 spiro atoms. The molecule has 0 radical (unpaired) electrons. The van der Waals surface area contributed by atoms with Crippen LogP contribution in [0.2, 0.25) is 0 Å². The predicted molar refractivity (Wildman–Crippen MR) is 109 cm³/mol. The van der Waals surface area contributed by atoms with Crippen molar-refractivity contribution in [3.05, 3.63) is 58.2 Å². The molecule has 1 aromatic carbocycles. The van der Waals surface area contributed by atoms with Crippen LogP contribution in [0.25, 0.3) is 0 Å². The van der Waals surface area contributed by atoms with Crippen molar-refractivity contribution in [2.75, 3.05) is 0 Å². The summed E-state index contributed by atoms with van der Waals surface area (Å²) in [5.74, 6) is -0.0682. The van der Waals surface area contributed by atoms with Gasteiger partial charge in [-0.25, -0.2) is 0 Å². The van der Waals surface area contributed by atoms with Gasteiger partial charge >= 0.3 is 5.97 Å². The van der Waals surface area contributed by atoms with E-state index in [-0.39, 0.29) is 18.1 Å². The minimum atomic E-state index is -0.487. The summed E-state index contributed by atoms with van der Waals surface area (Å²) in [6.07, 6.45) is 15.6. The number of unbranched alkanes of at least 4 members (excludes halogenated alkanes) is 4. The van der Waals surface area contributed by atoms with E-state index in [1.165, 1.54) is 68.4 Å². The third-order valence-corrected chi connectivity index (χ3v) is 4.23. The summed E-state index contributed by atoms with van der Waals surface area (Å²) in [6.45, 7) is 4.41. The van der Waals surface area contributed by atoms with Gasteiger partial charge in [0, 0.05) is 12.1 Å². The molecule has 0 N–H and O–H groups in total. The topological polar surface area (TPSA) is 69.4 Å². The van der Waals surface area contributed by atoms with Crippen LogP contribution in [0.15, 0.2) is 48.1 Å². The first-order valence-corrected chi connectivity index (χ1v) is 9.86. The van der Waals surface area contributed by atoms with Crippen molar-refractivity contribution in [2.45, 2.75) is 71.6 Å². The lowest BCUT2D eigenvalue weighted by Gasteiger charge is -2.06. The molecule has 0 saturated carbocycles. The Hall–Kier alpha value is -2.43. The van der Waals surface area contributed by atoms with Crippen LogP contribution >= 0.6 is 0 Å². The van der Waals surface area contributed by atoms with Gasteiger partial charge in [0.25, 0.3) is 5.69 Å². The van der Waals surface area contributed by atoms with Crippen molar-refractivity contribution in [3.63, 3.8) is 0 Å². The van der Waals surface area contributed by atoms with E-state index in [1.807, 2.05) is 6.08 Å². The van der Waals surface area contributed by atoms with Crippen LogP contribution in [-0.2, 0) is 4.79 Å². The quantitative estimate of drug-likeness (QED) is 0.0983. The van der Waals surface area contributed by atoms with Gasteiger partial charge in [-0.2, -0.15) is 0 Å². The first kappa shape index (κ1) is 22.6. The molecule has 0 fully saturated rings. The molecule has 0 heterocycles. The molecule has 27 heavy (non-hydrogen) atoms. The van der Waals surface area contributed by atoms with Crippen molar-refractivity contribution < 1.29 is 14.5 Å². The van der Waals surface area contributed by atoms with Gasteiger partial charge < -0.3 is 4.74 Å². The summed E-state index contributed by atoms with van der Waals surface area (Å²) in [7, 11) is 0. The lowest BCUT2D eigenvalue weighted by Crippen LogP contribution is -2.06. The molecule has 0 aliphatic carbocycles. The Morgan fingerprint density at radius 1 is 1.04 bits per heavy atom. The lowest BCUT2D eigenvalue weighted by molar-refractivity contribution is -0.384. The number of rotatable bonds is 13. The second kappa shape index (κ2) is 13.7. The summed E-state index contributed by atoms with van der Waals surface area (Å²) in [4.78, 5) is 22.0. The van der Waals surface area contributed by atoms with Crippen LogP contribution in [0.4, 0.5) is 5.69 Å². The molecule has 0 bridgehead atoms. The molecule has 5 nitrogen and oxygen atoms in total. The number of nitrogens with zero attached hydrogens (tertiary/aromatic N) is 1. The van der Waals surface area contributed by atoms with Gasteiger partial charge in [-0.15, -0.1) is 0 Å². The highest BCUT2D eigenvalue weighted by Gasteiger charge is 2.07. The molecule has 1 aromatic rings. The van der Waals surface area contributed by atoms with E-state index in [1.54, 1.807) is 6.08 Å². The van der Waals surface area contributed by atoms with Gasteiger partial charge in [-0.05, 0) is 37.8 Å². The summed E-state index contributed by atoms with van der Waals surface area (Å²) < 4.78 is 5.18. The normalized spacial score (nSPS) is 10.7. The van der Waals surface area contributed by atoms with Gasteiger partial charge in [-0.1, -0.05) is 63.3 Å². The Kier molecular flexibility index (Phi) is 11.5. The fourth-order valence-electron chi connectivity index (χ4n) is 2.67. The van der Waals surface area contributed by atoms with Gasteiger partial charge in [0.15, 0.2) is 0 Å². The third-order valence-electron chi connectivity index (χ3n) is 4.23. The van der Waals surface area contributed by atoms with Crippen LogP contribution < -0.4 is 4.74 Å². The van der Waals surface area contributed by atoms with Crippen molar-refractivity contribution in [1.29, 1.82) is 0 Å². The molecule has 148 valence electrons. The number of nitro groups is 1. The highest BCUT2D eigenvalue weighted by atomic mass is 16.6. The second-order valence-electron chi connectivity index (χ2n) is 6.60. The van der Waals surface area contributed by atoms with E-state index in [2.05, 4.69) is 19.9 Å². The Morgan fingerprint density at radius 3 is 2.15 bits per heavy atom. The molecule has 5 heteroatoms. The third kappa shape index (κ3) is 10.3. The van der Waals surface area contributed by atoms with E-state index in [9.17, 15) is 14.9 Å². The Morgan fingerprint density at radius 2 is 1.63 bits per heavy atom. The second-order valence-corrected chi connectivity index (χ2v) is 6.60. The van der Waals surface area contributed by atoms with Crippen molar-refractivity contribution in [3.8, 4) is 5.75 Å². The Labute approximate surface area is 162 Å². The number of ether oxygens (including phenoxy) is 1. The fraction of sp³-hybridized carbons (Fsp3) is 0.500. The average molecular weight is 373 g/mol. The molecule has 0 aromatic heterocycles. The van der Waals surface area contributed by atoms with Crippen LogP contribution in [0, 0.1) is 10.1 Å². The summed E-state index contributed by atoms with van der Waals surface area (Å²) >= 11 is 0. The predicted octanol–water partition coefficient (Wildman–Crippen LogP) is 6.53. The number of nitro benzene ring substituents is 1. The molecular formula is C22H31NO4.